The van der Waals surface area contributed by atoms with E-state index < -0.39 is 16.5 Å². The van der Waals surface area contributed by atoms with Gasteiger partial charge in [-0.25, -0.2) is 4.39 Å². The van der Waals surface area contributed by atoms with Crippen molar-refractivity contribution in [2.75, 3.05) is 5.32 Å². The predicted octanol–water partition coefficient (Wildman–Crippen LogP) is 3.05. The quantitative estimate of drug-likeness (QED) is 0.504. The van der Waals surface area contributed by atoms with E-state index in [4.69, 9.17) is 5.11 Å². The van der Waals surface area contributed by atoms with E-state index in [9.17, 15) is 14.5 Å². The van der Waals surface area contributed by atoms with Crippen molar-refractivity contribution in [1.29, 1.82) is 0 Å². The molecule has 2 aromatic rings. The molecule has 0 saturated carbocycles. The summed E-state index contributed by atoms with van der Waals surface area (Å²) in [4.78, 5) is 10.0. The van der Waals surface area contributed by atoms with Gasteiger partial charge in [0.05, 0.1) is 4.92 Å². The molecule has 2 aromatic carbocycles. The van der Waals surface area contributed by atoms with Crippen LogP contribution in [0.5, 0.6) is 5.75 Å². The van der Waals surface area contributed by atoms with Crippen LogP contribution in [-0.4, -0.2) is 10.0 Å². The molecular weight excluding hydrogens is 251 g/mol. The first kappa shape index (κ1) is 12.8. The number of phenolic OH excluding ortho intramolecular Hbond substituents is 1. The van der Waals surface area contributed by atoms with Crippen LogP contribution in [0.3, 0.4) is 0 Å². The molecule has 0 radical (unpaired) electrons. The van der Waals surface area contributed by atoms with E-state index in [0.29, 0.717) is 12.2 Å². The SMILES string of the molecule is O=[N+]([O-])c1ccc(CNc2ccc(O)c(F)c2)cc1. The van der Waals surface area contributed by atoms with Gasteiger partial charge in [-0.1, -0.05) is 12.1 Å². The molecule has 5 nitrogen and oxygen atoms in total. The maximum Gasteiger partial charge on any atom is 0.269 e. The van der Waals surface area contributed by atoms with Gasteiger partial charge in [-0.05, 0) is 17.7 Å². The van der Waals surface area contributed by atoms with Crippen LogP contribution in [0.15, 0.2) is 42.5 Å². The lowest BCUT2D eigenvalue weighted by Crippen LogP contribution is -1.99. The third-order valence-corrected chi connectivity index (χ3v) is 2.59. The van der Waals surface area contributed by atoms with Crippen LogP contribution in [-0.2, 0) is 6.54 Å². The number of nitro benzene ring substituents is 1. The van der Waals surface area contributed by atoms with Gasteiger partial charge in [0.25, 0.3) is 5.69 Å². The number of hydrogen-bond donors (Lipinski definition) is 2. The molecule has 0 atom stereocenters. The van der Waals surface area contributed by atoms with Gasteiger partial charge in [-0.3, -0.25) is 10.1 Å². The van der Waals surface area contributed by atoms with Gasteiger partial charge in [0.15, 0.2) is 11.6 Å². The van der Waals surface area contributed by atoms with E-state index in [1.54, 1.807) is 18.2 Å². The first-order chi connectivity index (χ1) is 9.06. The maximum absolute atomic E-state index is 13.1. The highest BCUT2D eigenvalue weighted by Crippen LogP contribution is 2.20. The summed E-state index contributed by atoms with van der Waals surface area (Å²) in [7, 11) is 0. The summed E-state index contributed by atoms with van der Waals surface area (Å²) in [5.41, 5.74) is 1.38. The molecule has 0 fully saturated rings. The van der Waals surface area contributed by atoms with Crippen molar-refractivity contribution >= 4 is 11.4 Å². The molecule has 0 bridgehead atoms. The normalized spacial score (nSPS) is 10.2. The molecular formula is C13H11FN2O3. The monoisotopic (exact) mass is 262 g/mol. The second-order valence-electron chi connectivity index (χ2n) is 3.94. The lowest BCUT2D eigenvalue weighted by atomic mass is 10.2. The minimum atomic E-state index is -0.700. The number of rotatable bonds is 4. The summed E-state index contributed by atoms with van der Waals surface area (Å²) >= 11 is 0. The minimum absolute atomic E-state index is 0.0272. The Morgan fingerprint density at radius 2 is 1.89 bits per heavy atom. The molecule has 0 aliphatic carbocycles. The predicted molar refractivity (Wildman–Crippen MR) is 68.5 cm³/mol. The Morgan fingerprint density at radius 1 is 1.21 bits per heavy atom. The lowest BCUT2D eigenvalue weighted by Gasteiger charge is -2.07. The van der Waals surface area contributed by atoms with E-state index in [-0.39, 0.29) is 5.69 Å². The summed E-state index contributed by atoms with van der Waals surface area (Å²) < 4.78 is 13.1. The number of aromatic hydroxyl groups is 1. The molecule has 0 aromatic heterocycles. The minimum Gasteiger partial charge on any atom is -0.505 e. The Bertz CT molecular complexity index is 599. The molecule has 0 amide bonds. The van der Waals surface area contributed by atoms with Crippen LogP contribution in [0.25, 0.3) is 0 Å². The zero-order valence-electron chi connectivity index (χ0n) is 9.84. The molecule has 0 saturated heterocycles. The molecule has 6 heteroatoms. The van der Waals surface area contributed by atoms with Crippen molar-refractivity contribution in [3.63, 3.8) is 0 Å². The average molecular weight is 262 g/mol. The molecule has 0 unspecified atom stereocenters. The number of benzene rings is 2. The molecule has 0 aliphatic rings. The number of hydrogen-bond acceptors (Lipinski definition) is 4. The van der Waals surface area contributed by atoms with Crippen molar-refractivity contribution in [1.82, 2.24) is 0 Å². The van der Waals surface area contributed by atoms with Crippen LogP contribution in [0, 0.1) is 15.9 Å². The van der Waals surface area contributed by atoms with E-state index >= 15 is 0 Å². The van der Waals surface area contributed by atoms with Gasteiger partial charge < -0.3 is 10.4 Å². The fourth-order valence-corrected chi connectivity index (χ4v) is 1.56. The zero-order valence-corrected chi connectivity index (χ0v) is 9.84. The maximum atomic E-state index is 13.1. The largest absolute Gasteiger partial charge is 0.505 e. The molecule has 0 spiro atoms. The highest BCUT2D eigenvalue weighted by Gasteiger charge is 2.04. The average Bonchev–Trinajstić information content (AvgIpc) is 2.40. The fraction of sp³-hybridized carbons (Fsp3) is 0.0769. The van der Waals surface area contributed by atoms with Crippen molar-refractivity contribution in [2.45, 2.75) is 6.54 Å². The lowest BCUT2D eigenvalue weighted by molar-refractivity contribution is -0.384. The van der Waals surface area contributed by atoms with Gasteiger partial charge in [0.1, 0.15) is 0 Å². The van der Waals surface area contributed by atoms with Crippen LogP contribution in [0.4, 0.5) is 15.8 Å². The number of non-ortho nitro benzene ring substituents is 1. The van der Waals surface area contributed by atoms with Crippen LogP contribution in [0.1, 0.15) is 5.56 Å². The van der Waals surface area contributed by atoms with Crippen molar-refractivity contribution in [2.24, 2.45) is 0 Å². The van der Waals surface area contributed by atoms with E-state index in [1.165, 1.54) is 24.3 Å². The number of nitro groups is 1. The molecule has 2 N–H and O–H groups in total. The van der Waals surface area contributed by atoms with Gasteiger partial charge >= 0.3 is 0 Å². The first-order valence-corrected chi connectivity index (χ1v) is 5.52. The number of halogens is 1. The van der Waals surface area contributed by atoms with Crippen LogP contribution >= 0.6 is 0 Å². The highest BCUT2D eigenvalue weighted by atomic mass is 19.1. The third-order valence-electron chi connectivity index (χ3n) is 2.59. The molecule has 0 heterocycles. The molecule has 2 rings (SSSR count). The fourth-order valence-electron chi connectivity index (χ4n) is 1.56. The summed E-state index contributed by atoms with van der Waals surface area (Å²) in [6.07, 6.45) is 0. The van der Waals surface area contributed by atoms with Gasteiger partial charge in [0, 0.05) is 30.4 Å². The second-order valence-corrected chi connectivity index (χ2v) is 3.94. The topological polar surface area (TPSA) is 75.4 Å². The second kappa shape index (κ2) is 5.34. The third kappa shape index (κ3) is 3.19. The Labute approximate surface area is 108 Å². The number of nitrogens with one attached hydrogen (secondary N) is 1. The Hall–Kier alpha value is -2.63. The molecule has 98 valence electrons. The van der Waals surface area contributed by atoms with Crippen molar-refractivity contribution in [3.8, 4) is 5.75 Å². The highest BCUT2D eigenvalue weighted by molar-refractivity contribution is 5.47. The van der Waals surface area contributed by atoms with Gasteiger partial charge in [0.2, 0.25) is 0 Å². The molecule has 19 heavy (non-hydrogen) atoms. The van der Waals surface area contributed by atoms with E-state index in [2.05, 4.69) is 5.32 Å². The smallest absolute Gasteiger partial charge is 0.269 e. The Morgan fingerprint density at radius 3 is 2.47 bits per heavy atom. The number of phenols is 1. The van der Waals surface area contributed by atoms with E-state index in [0.717, 1.165) is 5.56 Å². The first-order valence-electron chi connectivity index (χ1n) is 5.52. The summed E-state index contributed by atoms with van der Waals surface area (Å²) in [6.45, 7) is 0.405. The molecule has 0 aliphatic heterocycles. The summed E-state index contributed by atoms with van der Waals surface area (Å²) in [5.74, 6) is -1.10. The van der Waals surface area contributed by atoms with Gasteiger partial charge in [-0.15, -0.1) is 0 Å². The van der Waals surface area contributed by atoms with Crippen LogP contribution in [0.2, 0.25) is 0 Å². The standard InChI is InChI=1S/C13H11FN2O3/c14-12-7-10(3-6-13(12)17)15-8-9-1-4-11(5-2-9)16(18)19/h1-7,15,17H,8H2. The Kier molecular flexibility index (Phi) is 3.61. The number of nitrogens with zero attached hydrogens (tertiary/aromatic N) is 1. The summed E-state index contributed by atoms with van der Waals surface area (Å²) in [6, 6.07) is 10.1. The summed E-state index contributed by atoms with van der Waals surface area (Å²) in [5, 5.41) is 22.5. The van der Waals surface area contributed by atoms with Crippen molar-refractivity contribution in [3.05, 3.63) is 64.0 Å². The van der Waals surface area contributed by atoms with E-state index in [1.807, 2.05) is 0 Å². The Balaban J connectivity index is 2.01. The van der Waals surface area contributed by atoms with Crippen molar-refractivity contribution < 1.29 is 14.4 Å². The van der Waals surface area contributed by atoms with Crippen LogP contribution < -0.4 is 5.32 Å². The zero-order chi connectivity index (χ0) is 13.8. The number of anilines is 1. The van der Waals surface area contributed by atoms with Gasteiger partial charge in [-0.2, -0.15) is 0 Å².